The SMILES string of the molecule is CCCCCC#CC(=O)N(c1cc(Br)cc(Br)c1)[C@H](CC(=O)N(C)S(=O)(=O)c1ccc(C)cc1)c1ccc([N+](=O)[O-])cc1. The number of nitrogens with zero attached hydrogens (tertiary/aromatic N) is 3. The van der Waals surface area contributed by atoms with Crippen LogP contribution in [0.2, 0.25) is 0 Å². The summed E-state index contributed by atoms with van der Waals surface area (Å²) in [6.07, 6.45) is 2.84. The molecule has 0 spiro atoms. The zero-order valence-electron chi connectivity index (χ0n) is 23.9. The minimum Gasteiger partial charge on any atom is -0.294 e. The highest BCUT2D eigenvalue weighted by Crippen LogP contribution is 2.35. The molecule has 0 aliphatic rings. The third-order valence-electron chi connectivity index (χ3n) is 6.64. The molecule has 3 aromatic carbocycles. The lowest BCUT2D eigenvalue weighted by Gasteiger charge is -2.32. The summed E-state index contributed by atoms with van der Waals surface area (Å²) >= 11 is 6.88. The molecule has 0 heterocycles. The molecule has 0 bridgehead atoms. The van der Waals surface area contributed by atoms with Crippen molar-refractivity contribution in [2.24, 2.45) is 0 Å². The van der Waals surface area contributed by atoms with E-state index in [1.54, 1.807) is 30.3 Å². The summed E-state index contributed by atoms with van der Waals surface area (Å²) in [5, 5.41) is 11.3. The Hall–Kier alpha value is -3.53. The molecule has 12 heteroatoms. The van der Waals surface area contributed by atoms with Crippen LogP contribution in [0, 0.1) is 28.9 Å². The third kappa shape index (κ3) is 8.98. The lowest BCUT2D eigenvalue weighted by molar-refractivity contribution is -0.384. The van der Waals surface area contributed by atoms with Crippen LogP contribution in [0.5, 0.6) is 0 Å². The van der Waals surface area contributed by atoms with Gasteiger partial charge in [0.2, 0.25) is 5.91 Å². The highest BCUT2D eigenvalue weighted by molar-refractivity contribution is 9.11. The van der Waals surface area contributed by atoms with Crippen molar-refractivity contribution in [2.75, 3.05) is 11.9 Å². The largest absolute Gasteiger partial charge is 0.303 e. The molecule has 0 aliphatic carbocycles. The van der Waals surface area contributed by atoms with Gasteiger partial charge in [-0.1, -0.05) is 87.4 Å². The number of sulfonamides is 1. The topological polar surface area (TPSA) is 118 Å². The van der Waals surface area contributed by atoms with Crippen molar-refractivity contribution in [2.45, 2.75) is 56.9 Å². The number of rotatable bonds is 11. The van der Waals surface area contributed by atoms with Gasteiger partial charge in [-0.3, -0.25) is 24.6 Å². The Kier molecular flexibility index (Phi) is 12.1. The van der Waals surface area contributed by atoms with Crippen molar-refractivity contribution in [3.8, 4) is 11.8 Å². The Morgan fingerprint density at radius 2 is 1.58 bits per heavy atom. The standard InChI is InChI=1S/C31H31Br2N3O6S/c1-4-5-6-7-8-9-30(37)35(27-19-24(32)18-25(33)20-27)29(23-12-14-26(15-13-23)36(39)40)21-31(38)34(3)43(41,42)28-16-10-22(2)11-17-28/h10-20,29H,4-7,21H2,1-3H3/t29-/m1/s1. The number of carbonyl (C=O) groups excluding carboxylic acids is 2. The van der Waals surface area contributed by atoms with Crippen LogP contribution >= 0.6 is 31.9 Å². The number of aryl methyl sites for hydroxylation is 1. The van der Waals surface area contributed by atoms with E-state index in [4.69, 9.17) is 0 Å². The van der Waals surface area contributed by atoms with Gasteiger partial charge in [-0.25, -0.2) is 12.7 Å². The lowest BCUT2D eigenvalue weighted by atomic mass is 9.99. The number of carbonyl (C=O) groups is 2. The molecule has 0 aromatic heterocycles. The zero-order chi connectivity index (χ0) is 31.7. The molecule has 1 atom stereocenters. The molecule has 226 valence electrons. The van der Waals surface area contributed by atoms with Gasteiger partial charge in [0.1, 0.15) is 0 Å². The molecule has 0 aliphatic heterocycles. The molecule has 3 rings (SSSR count). The number of amides is 2. The molecule has 0 N–H and O–H groups in total. The Morgan fingerprint density at radius 3 is 2.14 bits per heavy atom. The summed E-state index contributed by atoms with van der Waals surface area (Å²) in [5.74, 6) is 4.19. The second kappa shape index (κ2) is 15.3. The molecular weight excluding hydrogens is 702 g/mol. The molecule has 0 fully saturated rings. The number of hydrogen-bond acceptors (Lipinski definition) is 6. The average molecular weight is 733 g/mol. The van der Waals surface area contributed by atoms with E-state index in [9.17, 15) is 28.1 Å². The smallest absolute Gasteiger partial charge is 0.294 e. The van der Waals surface area contributed by atoms with Gasteiger partial charge in [0.25, 0.3) is 15.7 Å². The molecule has 0 saturated carbocycles. The van der Waals surface area contributed by atoms with Crippen LogP contribution in [0.4, 0.5) is 11.4 Å². The maximum Gasteiger partial charge on any atom is 0.303 e. The van der Waals surface area contributed by atoms with Crippen LogP contribution in [0.15, 0.2) is 80.6 Å². The minimum atomic E-state index is -4.20. The number of nitro groups is 1. The van der Waals surface area contributed by atoms with Gasteiger partial charge in [0.15, 0.2) is 0 Å². The second-order valence-corrected chi connectivity index (χ2v) is 13.6. The Labute approximate surface area is 268 Å². The van der Waals surface area contributed by atoms with Crippen molar-refractivity contribution < 1.29 is 22.9 Å². The van der Waals surface area contributed by atoms with Crippen LogP contribution in [0.3, 0.4) is 0 Å². The molecule has 9 nitrogen and oxygen atoms in total. The lowest BCUT2D eigenvalue weighted by Crippen LogP contribution is -2.40. The first kappa shape index (κ1) is 34.0. The van der Waals surface area contributed by atoms with E-state index in [1.165, 1.54) is 48.3 Å². The average Bonchev–Trinajstić information content (AvgIpc) is 2.96. The van der Waals surface area contributed by atoms with E-state index in [1.807, 2.05) is 6.92 Å². The maximum atomic E-state index is 13.8. The fourth-order valence-electron chi connectivity index (χ4n) is 4.25. The van der Waals surface area contributed by atoms with Crippen molar-refractivity contribution in [3.05, 3.63) is 96.9 Å². The van der Waals surface area contributed by atoms with Gasteiger partial charge in [-0.05, 0) is 55.2 Å². The van der Waals surface area contributed by atoms with Crippen LogP contribution in [0.1, 0.15) is 56.2 Å². The van der Waals surface area contributed by atoms with Gasteiger partial charge in [0, 0.05) is 40.2 Å². The van der Waals surface area contributed by atoms with Crippen molar-refractivity contribution in [3.63, 3.8) is 0 Å². The van der Waals surface area contributed by atoms with E-state index in [2.05, 4.69) is 50.6 Å². The number of unbranched alkanes of at least 4 members (excludes halogenated alkanes) is 3. The third-order valence-corrected chi connectivity index (χ3v) is 9.35. The fourth-order valence-corrected chi connectivity index (χ4v) is 6.66. The predicted molar refractivity (Wildman–Crippen MR) is 173 cm³/mol. The molecule has 0 unspecified atom stereocenters. The van der Waals surface area contributed by atoms with Crippen molar-refractivity contribution >= 4 is 65.1 Å². The predicted octanol–water partition coefficient (Wildman–Crippen LogP) is 7.32. The molecular formula is C31H31Br2N3O6S. The number of anilines is 1. The van der Waals surface area contributed by atoms with Gasteiger partial charge in [-0.15, -0.1) is 0 Å². The van der Waals surface area contributed by atoms with Crippen molar-refractivity contribution in [1.29, 1.82) is 0 Å². The van der Waals surface area contributed by atoms with Gasteiger partial charge >= 0.3 is 5.91 Å². The Bertz CT molecular complexity index is 1630. The van der Waals surface area contributed by atoms with E-state index >= 15 is 0 Å². The molecule has 0 saturated heterocycles. The van der Waals surface area contributed by atoms with Crippen LogP contribution in [-0.2, 0) is 19.6 Å². The quantitative estimate of drug-likeness (QED) is 0.0883. The number of benzene rings is 3. The minimum absolute atomic E-state index is 0.0531. The molecule has 0 radical (unpaired) electrons. The van der Waals surface area contributed by atoms with Crippen molar-refractivity contribution in [1.82, 2.24) is 4.31 Å². The van der Waals surface area contributed by atoms with Gasteiger partial charge in [-0.2, -0.15) is 0 Å². The molecule has 3 aromatic rings. The monoisotopic (exact) mass is 731 g/mol. The molecule has 2 amide bonds. The first-order valence-electron chi connectivity index (χ1n) is 13.5. The number of nitro benzene ring substituents is 1. The summed E-state index contributed by atoms with van der Waals surface area (Å²) in [6, 6.07) is 15.6. The number of hydrogen-bond donors (Lipinski definition) is 0. The summed E-state index contributed by atoms with van der Waals surface area (Å²) in [5.41, 5.74) is 1.45. The summed E-state index contributed by atoms with van der Waals surface area (Å²) in [7, 11) is -3.03. The van der Waals surface area contributed by atoms with E-state index in [0.717, 1.165) is 24.8 Å². The highest BCUT2D eigenvalue weighted by atomic mass is 79.9. The zero-order valence-corrected chi connectivity index (χ0v) is 27.9. The molecule has 43 heavy (non-hydrogen) atoms. The van der Waals surface area contributed by atoms with Gasteiger partial charge in [0.05, 0.1) is 22.3 Å². The van der Waals surface area contributed by atoms with Crippen LogP contribution in [-0.4, -0.2) is 36.5 Å². The second-order valence-electron chi connectivity index (χ2n) is 9.81. The highest BCUT2D eigenvalue weighted by Gasteiger charge is 2.33. The van der Waals surface area contributed by atoms with Crippen LogP contribution in [0.25, 0.3) is 0 Å². The first-order valence-corrected chi connectivity index (χ1v) is 16.5. The Morgan fingerprint density at radius 1 is 0.977 bits per heavy atom. The van der Waals surface area contributed by atoms with Gasteiger partial charge < -0.3 is 0 Å². The summed E-state index contributed by atoms with van der Waals surface area (Å²) in [6.45, 7) is 3.88. The Balaban J connectivity index is 2.12. The van der Waals surface area contributed by atoms with E-state index in [-0.39, 0.29) is 10.6 Å². The van der Waals surface area contributed by atoms with E-state index < -0.39 is 39.2 Å². The number of halogens is 2. The van der Waals surface area contributed by atoms with Crippen LogP contribution < -0.4 is 4.90 Å². The maximum absolute atomic E-state index is 13.8. The summed E-state index contributed by atoms with van der Waals surface area (Å²) < 4.78 is 28.6. The summed E-state index contributed by atoms with van der Waals surface area (Å²) in [4.78, 5) is 39.5. The fraction of sp³-hybridized carbons (Fsp3) is 0.290. The number of non-ortho nitro benzene ring substituents is 1. The normalized spacial score (nSPS) is 11.7. The van der Waals surface area contributed by atoms with E-state index in [0.29, 0.717) is 30.9 Å². The first-order chi connectivity index (χ1) is 20.3.